The van der Waals surface area contributed by atoms with Crippen molar-refractivity contribution in [3.63, 3.8) is 0 Å². The summed E-state index contributed by atoms with van der Waals surface area (Å²) in [6.45, 7) is 0.150. The third-order valence-electron chi connectivity index (χ3n) is 3.32. The Kier molecular flexibility index (Phi) is 4.36. The van der Waals surface area contributed by atoms with E-state index in [-0.39, 0.29) is 6.54 Å². The lowest BCUT2D eigenvalue weighted by atomic mass is 9.80. The van der Waals surface area contributed by atoms with E-state index in [0.717, 1.165) is 6.42 Å². The van der Waals surface area contributed by atoms with Gasteiger partial charge in [0.15, 0.2) is 6.10 Å². The molecular formula is C13H15Cl2NO3. The number of aliphatic hydroxyl groups is 2. The van der Waals surface area contributed by atoms with Gasteiger partial charge in [-0.3, -0.25) is 4.79 Å². The van der Waals surface area contributed by atoms with Crippen molar-refractivity contribution in [1.29, 1.82) is 0 Å². The Balaban J connectivity index is 1.98. The van der Waals surface area contributed by atoms with Crippen molar-refractivity contribution in [2.75, 3.05) is 6.54 Å². The quantitative estimate of drug-likeness (QED) is 0.797. The van der Waals surface area contributed by atoms with Gasteiger partial charge in [0.25, 0.3) is 5.91 Å². The topological polar surface area (TPSA) is 69.6 Å². The highest BCUT2D eigenvalue weighted by Crippen LogP contribution is 2.31. The summed E-state index contributed by atoms with van der Waals surface area (Å²) in [7, 11) is 0. The number of hydrogen-bond donors (Lipinski definition) is 3. The van der Waals surface area contributed by atoms with Gasteiger partial charge in [-0.15, -0.1) is 0 Å². The summed E-state index contributed by atoms with van der Waals surface area (Å²) >= 11 is 11.6. The van der Waals surface area contributed by atoms with Crippen LogP contribution in [0, 0.1) is 0 Å². The van der Waals surface area contributed by atoms with E-state index < -0.39 is 17.6 Å². The molecule has 1 aliphatic rings. The monoisotopic (exact) mass is 303 g/mol. The first-order valence-electron chi connectivity index (χ1n) is 6.04. The molecule has 0 bridgehead atoms. The van der Waals surface area contributed by atoms with Crippen molar-refractivity contribution < 1.29 is 15.0 Å². The zero-order valence-corrected chi connectivity index (χ0v) is 11.7. The molecule has 19 heavy (non-hydrogen) atoms. The van der Waals surface area contributed by atoms with Crippen molar-refractivity contribution in [2.24, 2.45) is 0 Å². The summed E-state index contributed by atoms with van der Waals surface area (Å²) in [5, 5.41) is 23.0. The summed E-state index contributed by atoms with van der Waals surface area (Å²) in [4.78, 5) is 11.8. The van der Waals surface area contributed by atoms with E-state index in [2.05, 4.69) is 5.32 Å². The molecule has 0 spiro atoms. The molecule has 1 aliphatic carbocycles. The minimum Gasteiger partial charge on any atom is -0.388 e. The molecule has 2 rings (SSSR count). The zero-order valence-electron chi connectivity index (χ0n) is 10.2. The fourth-order valence-corrected chi connectivity index (χ4v) is 2.54. The van der Waals surface area contributed by atoms with Crippen LogP contribution in [0.1, 0.15) is 30.9 Å². The molecule has 1 amide bonds. The average Bonchev–Trinajstić information content (AvgIpc) is 2.31. The highest BCUT2D eigenvalue weighted by Gasteiger charge is 2.35. The first-order chi connectivity index (χ1) is 8.89. The number of rotatable bonds is 4. The van der Waals surface area contributed by atoms with Crippen LogP contribution in [-0.2, 0) is 4.79 Å². The Morgan fingerprint density at radius 1 is 1.32 bits per heavy atom. The Hall–Kier alpha value is -0.810. The number of benzene rings is 1. The maximum atomic E-state index is 11.8. The molecule has 1 fully saturated rings. The van der Waals surface area contributed by atoms with Crippen molar-refractivity contribution in [3.8, 4) is 0 Å². The summed E-state index contributed by atoms with van der Waals surface area (Å²) in [6.07, 6.45) is 0.956. The van der Waals surface area contributed by atoms with Crippen LogP contribution in [-0.4, -0.2) is 28.3 Å². The number of halogens is 2. The molecule has 0 saturated heterocycles. The third-order valence-corrected chi connectivity index (χ3v) is 3.76. The van der Waals surface area contributed by atoms with E-state index in [4.69, 9.17) is 23.2 Å². The maximum Gasteiger partial charge on any atom is 0.253 e. The van der Waals surface area contributed by atoms with Crippen molar-refractivity contribution in [2.45, 2.75) is 31.0 Å². The van der Waals surface area contributed by atoms with Gasteiger partial charge in [-0.1, -0.05) is 23.2 Å². The Morgan fingerprint density at radius 2 is 1.89 bits per heavy atom. The molecule has 0 radical (unpaired) electrons. The Bertz CT molecular complexity index is 469. The van der Waals surface area contributed by atoms with Crippen LogP contribution in [0.3, 0.4) is 0 Å². The molecule has 1 atom stereocenters. The zero-order chi connectivity index (χ0) is 14.0. The summed E-state index contributed by atoms with van der Waals surface area (Å²) in [5.41, 5.74) is -0.489. The fraction of sp³-hybridized carbons (Fsp3) is 0.462. The van der Waals surface area contributed by atoms with Crippen LogP contribution in [0.4, 0.5) is 0 Å². The molecule has 0 aromatic heterocycles. The highest BCUT2D eigenvalue weighted by atomic mass is 35.5. The largest absolute Gasteiger partial charge is 0.388 e. The lowest BCUT2D eigenvalue weighted by Gasteiger charge is -2.36. The SMILES string of the molecule is O=C(NCC1(O)CCC1)C(O)c1cc(Cl)cc(Cl)c1. The maximum absolute atomic E-state index is 11.8. The number of hydrogen-bond acceptors (Lipinski definition) is 3. The fourth-order valence-electron chi connectivity index (χ4n) is 1.99. The van der Waals surface area contributed by atoms with E-state index in [1.54, 1.807) is 0 Å². The highest BCUT2D eigenvalue weighted by molar-refractivity contribution is 6.34. The molecule has 4 nitrogen and oxygen atoms in total. The van der Waals surface area contributed by atoms with Gasteiger partial charge in [0, 0.05) is 16.6 Å². The Morgan fingerprint density at radius 3 is 2.37 bits per heavy atom. The summed E-state index contributed by atoms with van der Waals surface area (Å²) in [6, 6.07) is 4.49. The van der Waals surface area contributed by atoms with Crippen molar-refractivity contribution in [3.05, 3.63) is 33.8 Å². The van der Waals surface area contributed by atoms with Crippen molar-refractivity contribution >= 4 is 29.1 Å². The summed E-state index contributed by atoms with van der Waals surface area (Å²) < 4.78 is 0. The standard InChI is InChI=1S/C13H15Cl2NO3/c14-9-4-8(5-10(15)6-9)11(17)12(18)16-7-13(19)2-1-3-13/h4-6,11,17,19H,1-3,7H2,(H,16,18). The second kappa shape index (κ2) is 5.67. The number of carbonyl (C=O) groups is 1. The van der Waals surface area contributed by atoms with E-state index >= 15 is 0 Å². The second-order valence-corrected chi connectivity index (χ2v) is 5.77. The second-order valence-electron chi connectivity index (χ2n) is 4.90. The molecule has 1 aromatic carbocycles. The van der Waals surface area contributed by atoms with Gasteiger partial charge in [-0.25, -0.2) is 0 Å². The van der Waals surface area contributed by atoms with E-state index in [1.165, 1.54) is 18.2 Å². The first-order valence-corrected chi connectivity index (χ1v) is 6.79. The number of aliphatic hydroxyl groups excluding tert-OH is 1. The van der Waals surface area contributed by atoms with E-state index in [0.29, 0.717) is 28.5 Å². The lowest BCUT2D eigenvalue weighted by molar-refractivity contribution is -0.132. The van der Waals surface area contributed by atoms with Gasteiger partial charge in [-0.2, -0.15) is 0 Å². The van der Waals surface area contributed by atoms with Gasteiger partial charge in [-0.05, 0) is 43.0 Å². The molecular weight excluding hydrogens is 289 g/mol. The van der Waals surface area contributed by atoms with Gasteiger partial charge < -0.3 is 15.5 Å². The number of nitrogens with one attached hydrogen (secondary N) is 1. The van der Waals surface area contributed by atoms with Crippen molar-refractivity contribution in [1.82, 2.24) is 5.32 Å². The third kappa shape index (κ3) is 3.60. The number of carbonyl (C=O) groups excluding carboxylic acids is 1. The van der Waals surface area contributed by atoms with Crippen LogP contribution >= 0.6 is 23.2 Å². The molecule has 3 N–H and O–H groups in total. The minimum absolute atomic E-state index is 0.150. The van der Waals surface area contributed by atoms with Crippen LogP contribution in [0.2, 0.25) is 10.0 Å². The molecule has 104 valence electrons. The van der Waals surface area contributed by atoms with Crippen LogP contribution < -0.4 is 5.32 Å². The van der Waals surface area contributed by atoms with Gasteiger partial charge in [0.1, 0.15) is 0 Å². The molecule has 1 saturated carbocycles. The molecule has 0 heterocycles. The van der Waals surface area contributed by atoms with Crippen LogP contribution in [0.25, 0.3) is 0 Å². The predicted octanol–water partition coefficient (Wildman–Crippen LogP) is 2.06. The van der Waals surface area contributed by atoms with Gasteiger partial charge in [0.05, 0.1) is 5.60 Å². The molecule has 1 unspecified atom stereocenters. The molecule has 6 heteroatoms. The van der Waals surface area contributed by atoms with E-state index in [1.807, 2.05) is 0 Å². The van der Waals surface area contributed by atoms with Crippen LogP contribution in [0.15, 0.2) is 18.2 Å². The Labute approximate surface area is 121 Å². The average molecular weight is 304 g/mol. The number of amides is 1. The smallest absolute Gasteiger partial charge is 0.253 e. The van der Waals surface area contributed by atoms with Gasteiger partial charge >= 0.3 is 0 Å². The van der Waals surface area contributed by atoms with E-state index in [9.17, 15) is 15.0 Å². The predicted molar refractivity (Wildman–Crippen MR) is 73.2 cm³/mol. The normalized spacial score (nSPS) is 18.5. The first kappa shape index (κ1) is 14.6. The molecule has 0 aliphatic heterocycles. The lowest BCUT2D eigenvalue weighted by Crippen LogP contribution is -2.48. The van der Waals surface area contributed by atoms with Crippen LogP contribution in [0.5, 0.6) is 0 Å². The summed E-state index contributed by atoms with van der Waals surface area (Å²) in [5.74, 6) is -0.571. The van der Waals surface area contributed by atoms with Gasteiger partial charge in [0.2, 0.25) is 0 Å². The minimum atomic E-state index is -1.35. The molecule has 1 aromatic rings.